The van der Waals surface area contributed by atoms with Crippen LogP contribution in [0.25, 0.3) is 0 Å². The predicted molar refractivity (Wildman–Crippen MR) is 67.4 cm³/mol. The van der Waals surface area contributed by atoms with Crippen LogP contribution in [0.1, 0.15) is 46.5 Å². The fourth-order valence-corrected chi connectivity index (χ4v) is 1.64. The third-order valence-electron chi connectivity index (χ3n) is 2.76. The zero-order valence-corrected chi connectivity index (χ0v) is 10.7. The van der Waals surface area contributed by atoms with Crippen molar-refractivity contribution in [2.75, 3.05) is 0 Å². The minimum Gasteiger partial charge on any atom is -0.478 e. The highest BCUT2D eigenvalue weighted by Crippen LogP contribution is 2.15. The molecule has 0 amide bonds. The average molecular weight is 262 g/mol. The van der Waals surface area contributed by atoms with Gasteiger partial charge >= 0.3 is 5.97 Å². The summed E-state index contributed by atoms with van der Waals surface area (Å²) in [5.41, 5.74) is 0.732. The van der Waals surface area contributed by atoms with Crippen molar-refractivity contribution in [1.82, 2.24) is 0 Å². The van der Waals surface area contributed by atoms with Crippen LogP contribution in [0, 0.1) is 0 Å². The molecule has 1 aromatic rings. The summed E-state index contributed by atoms with van der Waals surface area (Å²) in [5, 5.41) is 9.08. The van der Waals surface area contributed by atoms with E-state index in [0.29, 0.717) is 11.1 Å². The molecular weight excluding hydrogens is 248 g/mol. The molecule has 0 bridgehead atoms. The van der Waals surface area contributed by atoms with E-state index < -0.39 is 17.5 Å². The highest BCUT2D eigenvalue weighted by molar-refractivity contribution is 6.36. The van der Waals surface area contributed by atoms with E-state index in [-0.39, 0.29) is 24.2 Å². The van der Waals surface area contributed by atoms with E-state index in [1.165, 1.54) is 32.0 Å². The molecule has 0 fully saturated rings. The van der Waals surface area contributed by atoms with Crippen LogP contribution in [0.4, 0.5) is 0 Å². The van der Waals surface area contributed by atoms with Crippen molar-refractivity contribution in [2.24, 2.45) is 0 Å². The molecule has 0 heterocycles. The van der Waals surface area contributed by atoms with Gasteiger partial charge in [0.25, 0.3) is 0 Å². The molecule has 0 aliphatic rings. The molecule has 5 heteroatoms. The van der Waals surface area contributed by atoms with Crippen LogP contribution in [0.5, 0.6) is 0 Å². The van der Waals surface area contributed by atoms with Crippen molar-refractivity contribution in [3.63, 3.8) is 0 Å². The summed E-state index contributed by atoms with van der Waals surface area (Å²) >= 11 is 0. The number of carbonyl (C=O) groups excluding carboxylic acids is 3. The maximum atomic E-state index is 11.2. The molecule has 0 atom stereocenters. The predicted octanol–water partition coefficient (Wildman–Crippen LogP) is 1.68. The Balaban J connectivity index is 3.01. The Bertz CT molecular complexity index is 557. The fraction of sp³-hybridized carbons (Fsp3) is 0.286. The minimum absolute atomic E-state index is 0.0101. The molecule has 19 heavy (non-hydrogen) atoms. The molecule has 0 aliphatic carbocycles. The van der Waals surface area contributed by atoms with Gasteiger partial charge < -0.3 is 5.11 Å². The SMILES string of the molecule is CC(=O)C(=O)CCc1ccc(C(C)=O)cc1C(=O)O. The molecular formula is C14H14O5. The zero-order valence-electron chi connectivity index (χ0n) is 10.7. The van der Waals surface area contributed by atoms with Crippen LogP contribution >= 0.6 is 0 Å². The van der Waals surface area contributed by atoms with E-state index in [9.17, 15) is 19.2 Å². The summed E-state index contributed by atoms with van der Waals surface area (Å²) in [6.45, 7) is 2.53. The number of aryl methyl sites for hydroxylation is 1. The smallest absolute Gasteiger partial charge is 0.335 e. The van der Waals surface area contributed by atoms with Crippen molar-refractivity contribution >= 4 is 23.3 Å². The number of carboxylic acid groups (broad SMARTS) is 1. The lowest BCUT2D eigenvalue weighted by molar-refractivity contribution is -0.135. The van der Waals surface area contributed by atoms with E-state index in [1.54, 1.807) is 0 Å². The number of Topliss-reactive ketones (excluding diaryl/α,β-unsaturated/α-hetero) is 3. The van der Waals surface area contributed by atoms with Crippen LogP contribution in [0.15, 0.2) is 18.2 Å². The second-order valence-electron chi connectivity index (χ2n) is 4.21. The highest BCUT2D eigenvalue weighted by Gasteiger charge is 2.15. The third kappa shape index (κ3) is 3.84. The van der Waals surface area contributed by atoms with E-state index in [1.807, 2.05) is 0 Å². The van der Waals surface area contributed by atoms with Crippen LogP contribution in [0.2, 0.25) is 0 Å². The quantitative estimate of drug-likeness (QED) is 0.622. The van der Waals surface area contributed by atoms with Crippen LogP contribution in [-0.4, -0.2) is 28.4 Å². The minimum atomic E-state index is -1.16. The van der Waals surface area contributed by atoms with Gasteiger partial charge in [-0.2, -0.15) is 0 Å². The van der Waals surface area contributed by atoms with Crippen molar-refractivity contribution < 1.29 is 24.3 Å². The summed E-state index contributed by atoms with van der Waals surface area (Å²) in [6, 6.07) is 4.31. The number of ketones is 3. The van der Waals surface area contributed by atoms with E-state index in [2.05, 4.69) is 0 Å². The van der Waals surface area contributed by atoms with Crippen molar-refractivity contribution in [2.45, 2.75) is 26.7 Å². The Labute approximate surface area is 110 Å². The molecule has 0 aromatic heterocycles. The molecule has 1 N–H and O–H groups in total. The number of carboxylic acids is 1. The molecule has 0 saturated heterocycles. The van der Waals surface area contributed by atoms with Crippen molar-refractivity contribution in [3.05, 3.63) is 34.9 Å². The molecule has 0 radical (unpaired) electrons. The second kappa shape index (κ2) is 6.04. The normalized spacial score (nSPS) is 10.0. The van der Waals surface area contributed by atoms with Gasteiger partial charge in [0.2, 0.25) is 0 Å². The fourth-order valence-electron chi connectivity index (χ4n) is 1.64. The van der Waals surface area contributed by atoms with Gasteiger partial charge in [-0.3, -0.25) is 14.4 Å². The largest absolute Gasteiger partial charge is 0.478 e. The Morgan fingerprint density at radius 2 is 1.74 bits per heavy atom. The first-order valence-corrected chi connectivity index (χ1v) is 5.74. The number of benzene rings is 1. The van der Waals surface area contributed by atoms with Crippen molar-refractivity contribution in [1.29, 1.82) is 0 Å². The molecule has 0 spiro atoms. The lowest BCUT2D eigenvalue weighted by Crippen LogP contribution is -2.12. The summed E-state index contributed by atoms with van der Waals surface area (Å²) < 4.78 is 0. The van der Waals surface area contributed by atoms with Gasteiger partial charge in [-0.1, -0.05) is 12.1 Å². The van der Waals surface area contributed by atoms with Gasteiger partial charge in [0.15, 0.2) is 17.3 Å². The maximum absolute atomic E-state index is 11.2. The van der Waals surface area contributed by atoms with Crippen LogP contribution < -0.4 is 0 Å². The summed E-state index contributed by atoms with van der Waals surface area (Å²) in [7, 11) is 0. The van der Waals surface area contributed by atoms with Gasteiger partial charge in [-0.05, 0) is 25.0 Å². The monoisotopic (exact) mass is 262 g/mol. The molecule has 5 nitrogen and oxygen atoms in total. The van der Waals surface area contributed by atoms with E-state index in [0.717, 1.165) is 0 Å². The Morgan fingerprint density at radius 1 is 1.11 bits per heavy atom. The number of aromatic carboxylic acids is 1. The van der Waals surface area contributed by atoms with Gasteiger partial charge in [-0.15, -0.1) is 0 Å². The highest BCUT2D eigenvalue weighted by atomic mass is 16.4. The summed E-state index contributed by atoms with van der Waals surface area (Å²) in [6.07, 6.45) is 0.132. The molecule has 0 saturated carbocycles. The van der Waals surface area contributed by atoms with Crippen LogP contribution in [-0.2, 0) is 16.0 Å². The molecule has 0 aliphatic heterocycles. The van der Waals surface area contributed by atoms with Gasteiger partial charge in [0.05, 0.1) is 5.56 Å². The molecule has 1 rings (SSSR count). The molecule has 0 unspecified atom stereocenters. The first-order chi connectivity index (χ1) is 8.82. The standard InChI is InChI=1S/C14H14O5/c1-8(15)11-4-3-10(12(7-11)14(18)19)5-6-13(17)9(2)16/h3-4,7H,5-6H2,1-2H3,(H,18,19). The molecule has 100 valence electrons. The second-order valence-corrected chi connectivity index (χ2v) is 4.21. The van der Waals surface area contributed by atoms with Crippen LogP contribution in [0.3, 0.4) is 0 Å². The Morgan fingerprint density at radius 3 is 2.21 bits per heavy atom. The number of hydrogen-bond donors (Lipinski definition) is 1. The first-order valence-electron chi connectivity index (χ1n) is 5.74. The van der Waals surface area contributed by atoms with Gasteiger partial charge in [0.1, 0.15) is 0 Å². The Hall–Kier alpha value is -2.30. The van der Waals surface area contributed by atoms with E-state index in [4.69, 9.17) is 5.11 Å². The molecule has 1 aromatic carbocycles. The number of carbonyl (C=O) groups is 4. The number of hydrogen-bond acceptors (Lipinski definition) is 4. The maximum Gasteiger partial charge on any atom is 0.335 e. The average Bonchev–Trinajstić information content (AvgIpc) is 2.35. The Kier molecular flexibility index (Phi) is 4.69. The zero-order chi connectivity index (χ0) is 14.6. The topological polar surface area (TPSA) is 88.5 Å². The summed E-state index contributed by atoms with van der Waals surface area (Å²) in [4.78, 5) is 44.3. The summed E-state index contributed by atoms with van der Waals surface area (Å²) in [5.74, 6) is -2.47. The van der Waals surface area contributed by atoms with Gasteiger partial charge in [0, 0.05) is 18.9 Å². The third-order valence-corrected chi connectivity index (χ3v) is 2.76. The van der Waals surface area contributed by atoms with Crippen molar-refractivity contribution in [3.8, 4) is 0 Å². The lowest BCUT2D eigenvalue weighted by Gasteiger charge is -2.06. The van der Waals surface area contributed by atoms with E-state index >= 15 is 0 Å². The van der Waals surface area contributed by atoms with Gasteiger partial charge in [-0.25, -0.2) is 4.79 Å². The lowest BCUT2D eigenvalue weighted by atomic mass is 9.97. The first kappa shape index (κ1) is 14.8. The number of rotatable bonds is 6.